The number of azo groups is 1. The molecule has 0 aliphatic carbocycles. The zero-order valence-corrected chi connectivity index (χ0v) is 6.91. The molecule has 2 nitrogen and oxygen atoms in total. The maximum Gasteiger partial charge on any atom is 0.0881 e. The third kappa shape index (κ3) is 2.15. The Hall–Kier alpha value is -1.18. The summed E-state index contributed by atoms with van der Waals surface area (Å²) in [5, 5.41) is 7.98. The van der Waals surface area contributed by atoms with Crippen LogP contribution in [0.2, 0.25) is 0 Å². The van der Waals surface area contributed by atoms with Gasteiger partial charge in [0.15, 0.2) is 0 Å². The molecule has 0 fully saturated rings. The van der Waals surface area contributed by atoms with E-state index >= 15 is 0 Å². The molecule has 0 radical (unpaired) electrons. The van der Waals surface area contributed by atoms with Crippen LogP contribution in [0.1, 0.15) is 12.5 Å². The van der Waals surface area contributed by atoms with Gasteiger partial charge in [-0.2, -0.15) is 10.2 Å². The van der Waals surface area contributed by atoms with Crippen LogP contribution in [0.4, 0.5) is 5.69 Å². The van der Waals surface area contributed by atoms with E-state index in [1.807, 2.05) is 38.1 Å². The molecule has 0 spiro atoms. The van der Waals surface area contributed by atoms with Crippen LogP contribution in [0.15, 0.2) is 34.5 Å². The molecule has 0 saturated carbocycles. The Labute approximate surface area is 67.0 Å². The predicted octanol–water partition coefficient (Wildman–Crippen LogP) is 3.10. The van der Waals surface area contributed by atoms with Gasteiger partial charge in [0.2, 0.25) is 0 Å². The second kappa shape index (κ2) is 3.86. The fraction of sp³-hybridized carbons (Fsp3) is 0.333. The summed E-state index contributed by atoms with van der Waals surface area (Å²) >= 11 is 0. The number of hydrogen-bond donors (Lipinski definition) is 0. The lowest BCUT2D eigenvalue weighted by Crippen LogP contribution is -1.71. The van der Waals surface area contributed by atoms with Gasteiger partial charge in [-0.3, -0.25) is 0 Å². The maximum absolute atomic E-state index is 4.05. The van der Waals surface area contributed by atoms with E-state index < -0.39 is 0 Å². The highest BCUT2D eigenvalue weighted by Crippen LogP contribution is 2.16. The molecular weight excluding hydrogens is 136 g/mol. The Balaban J connectivity index is 2.86. The van der Waals surface area contributed by atoms with E-state index in [9.17, 15) is 0 Å². The summed E-state index contributed by atoms with van der Waals surface area (Å²) in [5.41, 5.74) is 2.14. The van der Waals surface area contributed by atoms with Crippen molar-refractivity contribution in [1.29, 1.82) is 0 Å². The highest BCUT2D eigenvalue weighted by molar-refractivity contribution is 5.43. The van der Waals surface area contributed by atoms with E-state index in [-0.39, 0.29) is 0 Å². The molecule has 58 valence electrons. The van der Waals surface area contributed by atoms with Gasteiger partial charge in [-0.1, -0.05) is 18.2 Å². The molecule has 0 aromatic heterocycles. The average Bonchev–Trinajstić information content (AvgIpc) is 2.03. The topological polar surface area (TPSA) is 24.7 Å². The molecule has 1 aromatic carbocycles. The molecule has 0 atom stereocenters. The first kappa shape index (κ1) is 7.92. The summed E-state index contributed by atoms with van der Waals surface area (Å²) in [4.78, 5) is 0. The largest absolute Gasteiger partial charge is 0.189 e. The van der Waals surface area contributed by atoms with Crippen molar-refractivity contribution in [3.63, 3.8) is 0 Å². The second-order valence-corrected chi connectivity index (χ2v) is 2.34. The fourth-order valence-electron chi connectivity index (χ4n) is 0.823. The lowest BCUT2D eigenvalue weighted by atomic mass is 10.2. The Morgan fingerprint density at radius 2 is 2.00 bits per heavy atom. The Morgan fingerprint density at radius 3 is 2.64 bits per heavy atom. The molecule has 0 unspecified atom stereocenters. The van der Waals surface area contributed by atoms with Gasteiger partial charge in [-0.25, -0.2) is 0 Å². The van der Waals surface area contributed by atoms with Crippen molar-refractivity contribution in [1.82, 2.24) is 0 Å². The molecule has 0 N–H and O–H groups in total. The van der Waals surface area contributed by atoms with Crippen molar-refractivity contribution in [3.05, 3.63) is 29.8 Å². The molecule has 11 heavy (non-hydrogen) atoms. The molecule has 0 amide bonds. The highest BCUT2D eigenvalue weighted by atomic mass is 15.1. The molecule has 0 aliphatic heterocycles. The van der Waals surface area contributed by atoms with Gasteiger partial charge in [0.1, 0.15) is 0 Å². The van der Waals surface area contributed by atoms with Gasteiger partial charge < -0.3 is 0 Å². The second-order valence-electron chi connectivity index (χ2n) is 2.34. The molecule has 0 heterocycles. The SMILES string of the molecule is CCN=Nc1ccccc1C. The number of benzene rings is 1. The number of aryl methyl sites for hydroxylation is 1. The quantitative estimate of drug-likeness (QED) is 0.576. The first-order valence-corrected chi connectivity index (χ1v) is 3.77. The van der Waals surface area contributed by atoms with Crippen molar-refractivity contribution in [3.8, 4) is 0 Å². The fourth-order valence-corrected chi connectivity index (χ4v) is 0.823. The van der Waals surface area contributed by atoms with Gasteiger partial charge in [0, 0.05) is 0 Å². The minimum absolute atomic E-state index is 0.744. The summed E-state index contributed by atoms with van der Waals surface area (Å²) in [5.74, 6) is 0. The van der Waals surface area contributed by atoms with Gasteiger partial charge in [0.25, 0.3) is 0 Å². The summed E-state index contributed by atoms with van der Waals surface area (Å²) in [6, 6.07) is 7.97. The number of rotatable bonds is 2. The predicted molar refractivity (Wildman–Crippen MR) is 46.2 cm³/mol. The van der Waals surface area contributed by atoms with Crippen LogP contribution in [-0.2, 0) is 0 Å². The van der Waals surface area contributed by atoms with Gasteiger partial charge in [-0.15, -0.1) is 0 Å². The molecular formula is C9H12N2. The first-order chi connectivity index (χ1) is 5.34. The molecule has 0 saturated heterocycles. The molecule has 2 heteroatoms. The van der Waals surface area contributed by atoms with Crippen LogP contribution < -0.4 is 0 Å². The summed E-state index contributed by atoms with van der Waals surface area (Å²) in [7, 11) is 0. The summed E-state index contributed by atoms with van der Waals surface area (Å²) in [6.07, 6.45) is 0. The molecule has 0 aliphatic rings. The minimum atomic E-state index is 0.744. The van der Waals surface area contributed by atoms with E-state index in [1.165, 1.54) is 5.56 Å². The third-order valence-corrected chi connectivity index (χ3v) is 1.44. The van der Waals surface area contributed by atoms with Crippen LogP contribution in [0.3, 0.4) is 0 Å². The summed E-state index contributed by atoms with van der Waals surface area (Å²) in [6.45, 7) is 4.75. The van der Waals surface area contributed by atoms with Crippen LogP contribution in [0, 0.1) is 6.92 Å². The number of hydrogen-bond acceptors (Lipinski definition) is 2. The van der Waals surface area contributed by atoms with Gasteiger partial charge in [0.05, 0.1) is 12.2 Å². The molecule has 1 aromatic rings. The first-order valence-electron chi connectivity index (χ1n) is 3.77. The highest BCUT2D eigenvalue weighted by Gasteiger charge is 1.91. The Kier molecular flexibility index (Phi) is 2.78. The van der Waals surface area contributed by atoms with Crippen molar-refractivity contribution < 1.29 is 0 Å². The number of nitrogens with zero attached hydrogens (tertiary/aromatic N) is 2. The maximum atomic E-state index is 4.05. The molecule has 1 rings (SSSR count). The van der Waals surface area contributed by atoms with E-state index in [0.717, 1.165) is 12.2 Å². The van der Waals surface area contributed by atoms with Crippen LogP contribution in [0.5, 0.6) is 0 Å². The smallest absolute Gasteiger partial charge is 0.0881 e. The lowest BCUT2D eigenvalue weighted by Gasteiger charge is -1.95. The van der Waals surface area contributed by atoms with Gasteiger partial charge >= 0.3 is 0 Å². The minimum Gasteiger partial charge on any atom is -0.189 e. The third-order valence-electron chi connectivity index (χ3n) is 1.44. The lowest BCUT2D eigenvalue weighted by molar-refractivity contribution is 1.00. The van der Waals surface area contributed by atoms with Crippen LogP contribution in [-0.4, -0.2) is 6.54 Å². The zero-order valence-electron chi connectivity index (χ0n) is 6.91. The van der Waals surface area contributed by atoms with Crippen molar-refractivity contribution in [2.75, 3.05) is 6.54 Å². The van der Waals surface area contributed by atoms with Crippen LogP contribution >= 0.6 is 0 Å². The zero-order chi connectivity index (χ0) is 8.10. The Bertz CT molecular complexity index is 253. The normalized spacial score (nSPS) is 10.7. The van der Waals surface area contributed by atoms with Crippen molar-refractivity contribution in [2.24, 2.45) is 10.2 Å². The van der Waals surface area contributed by atoms with Crippen LogP contribution in [0.25, 0.3) is 0 Å². The average molecular weight is 148 g/mol. The van der Waals surface area contributed by atoms with Gasteiger partial charge in [-0.05, 0) is 25.5 Å². The molecule has 0 bridgehead atoms. The standard InChI is InChI=1S/C9H12N2/c1-3-10-11-9-7-5-4-6-8(9)2/h4-7H,3H2,1-2H3. The van der Waals surface area contributed by atoms with Crippen molar-refractivity contribution >= 4 is 5.69 Å². The van der Waals surface area contributed by atoms with E-state index in [4.69, 9.17) is 0 Å². The summed E-state index contributed by atoms with van der Waals surface area (Å²) < 4.78 is 0. The van der Waals surface area contributed by atoms with E-state index in [0.29, 0.717) is 0 Å². The Morgan fingerprint density at radius 1 is 1.27 bits per heavy atom. The van der Waals surface area contributed by atoms with E-state index in [1.54, 1.807) is 0 Å². The van der Waals surface area contributed by atoms with E-state index in [2.05, 4.69) is 10.2 Å². The van der Waals surface area contributed by atoms with Crippen molar-refractivity contribution in [2.45, 2.75) is 13.8 Å². The monoisotopic (exact) mass is 148 g/mol.